The molecule has 0 aromatic carbocycles. The molecule has 2 aliphatic carbocycles. The van der Waals surface area contributed by atoms with Crippen molar-refractivity contribution >= 4 is 11.9 Å². The van der Waals surface area contributed by atoms with Crippen LogP contribution in [0.25, 0.3) is 0 Å². The van der Waals surface area contributed by atoms with Crippen LogP contribution in [0, 0.1) is 17.8 Å². The minimum absolute atomic E-state index is 0.0398. The third-order valence-corrected chi connectivity index (χ3v) is 6.71. The Bertz CT molecular complexity index is 692. The highest BCUT2D eigenvalue weighted by Crippen LogP contribution is 2.62. The Hall–Kier alpha value is -1.62. The van der Waals surface area contributed by atoms with Gasteiger partial charge in [-0.05, 0) is 26.7 Å². The highest BCUT2D eigenvalue weighted by Gasteiger charge is 2.70. The summed E-state index contributed by atoms with van der Waals surface area (Å²) in [4.78, 5) is 24.7. The molecule has 3 fully saturated rings. The molecular formula is C20H26O5. The quantitative estimate of drug-likeness (QED) is 0.340. The standard InChI is InChI=1S/C20H26O5/c1-6-9(2)18(21)23-13-7-10(3)12-8-14-20(5,25-14)16(12)17-15(13)11(4)19(22)24-17/h9,13-17H,4,6-8H2,1-3,5H3/t9?,13-,14-,15+,16-,17-,20-/m0/s1. The lowest BCUT2D eigenvalue weighted by Gasteiger charge is -2.30. The maximum Gasteiger partial charge on any atom is 0.334 e. The largest absolute Gasteiger partial charge is 0.461 e. The van der Waals surface area contributed by atoms with Crippen molar-refractivity contribution in [3.63, 3.8) is 0 Å². The second-order valence-electron chi connectivity index (χ2n) is 8.19. The molecule has 7 atom stereocenters. The summed E-state index contributed by atoms with van der Waals surface area (Å²) < 4.78 is 17.5. The molecule has 136 valence electrons. The van der Waals surface area contributed by atoms with E-state index in [2.05, 4.69) is 20.4 Å². The highest BCUT2D eigenvalue weighted by molar-refractivity contribution is 5.91. The lowest BCUT2D eigenvalue weighted by atomic mass is 9.80. The van der Waals surface area contributed by atoms with Gasteiger partial charge in [-0.3, -0.25) is 4.79 Å². The maximum absolute atomic E-state index is 12.4. The summed E-state index contributed by atoms with van der Waals surface area (Å²) in [6, 6.07) is 0. The van der Waals surface area contributed by atoms with Gasteiger partial charge in [-0.15, -0.1) is 0 Å². The third-order valence-electron chi connectivity index (χ3n) is 6.71. The van der Waals surface area contributed by atoms with Crippen LogP contribution in [-0.2, 0) is 23.8 Å². The molecule has 2 aliphatic heterocycles. The molecule has 2 saturated heterocycles. The zero-order chi connectivity index (χ0) is 18.1. The molecule has 1 saturated carbocycles. The summed E-state index contributed by atoms with van der Waals surface area (Å²) in [6.07, 6.45) is 1.71. The van der Waals surface area contributed by atoms with E-state index in [4.69, 9.17) is 14.2 Å². The number of carbonyl (C=O) groups excluding carboxylic acids is 2. The van der Waals surface area contributed by atoms with Gasteiger partial charge in [0, 0.05) is 17.9 Å². The number of epoxide rings is 1. The molecule has 4 rings (SSSR count). The number of ether oxygens (including phenoxy) is 3. The van der Waals surface area contributed by atoms with Crippen molar-refractivity contribution in [2.45, 2.75) is 70.9 Å². The van der Waals surface area contributed by atoms with Crippen LogP contribution in [0.4, 0.5) is 0 Å². The topological polar surface area (TPSA) is 65.1 Å². The summed E-state index contributed by atoms with van der Waals surface area (Å²) in [5.74, 6) is -0.994. The van der Waals surface area contributed by atoms with Gasteiger partial charge in [0.1, 0.15) is 17.8 Å². The lowest BCUT2D eigenvalue weighted by molar-refractivity contribution is -0.157. The second kappa shape index (κ2) is 5.44. The van der Waals surface area contributed by atoms with Crippen molar-refractivity contribution in [3.8, 4) is 0 Å². The van der Waals surface area contributed by atoms with Gasteiger partial charge < -0.3 is 14.2 Å². The first-order chi connectivity index (χ1) is 11.8. The Kier molecular flexibility index (Phi) is 3.66. The lowest BCUT2D eigenvalue weighted by Crippen LogP contribution is -2.40. The Balaban J connectivity index is 1.70. The van der Waals surface area contributed by atoms with E-state index in [1.54, 1.807) is 0 Å². The van der Waals surface area contributed by atoms with Crippen molar-refractivity contribution in [1.82, 2.24) is 0 Å². The average Bonchev–Trinajstić information content (AvgIpc) is 3.03. The second-order valence-corrected chi connectivity index (χ2v) is 8.19. The summed E-state index contributed by atoms with van der Waals surface area (Å²) in [5, 5.41) is 0. The Morgan fingerprint density at radius 3 is 2.84 bits per heavy atom. The van der Waals surface area contributed by atoms with Crippen LogP contribution >= 0.6 is 0 Å². The Labute approximate surface area is 148 Å². The molecule has 0 radical (unpaired) electrons. The molecule has 5 heteroatoms. The van der Waals surface area contributed by atoms with E-state index in [-0.39, 0.29) is 47.5 Å². The third kappa shape index (κ3) is 2.31. The molecule has 0 aromatic heterocycles. The predicted molar refractivity (Wildman–Crippen MR) is 90.5 cm³/mol. The molecule has 2 heterocycles. The van der Waals surface area contributed by atoms with E-state index in [0.29, 0.717) is 12.0 Å². The van der Waals surface area contributed by atoms with Gasteiger partial charge in [0.2, 0.25) is 0 Å². The normalized spacial score (nSPS) is 43.0. The smallest absolute Gasteiger partial charge is 0.334 e. The predicted octanol–water partition coefficient (Wildman–Crippen LogP) is 2.94. The Morgan fingerprint density at radius 1 is 1.44 bits per heavy atom. The van der Waals surface area contributed by atoms with E-state index in [1.165, 1.54) is 11.1 Å². The minimum atomic E-state index is -0.399. The summed E-state index contributed by atoms with van der Waals surface area (Å²) >= 11 is 0. The first-order valence-electron chi connectivity index (χ1n) is 9.24. The number of fused-ring (bicyclic) bond motifs is 5. The van der Waals surface area contributed by atoms with Gasteiger partial charge in [0.25, 0.3) is 0 Å². The molecular weight excluding hydrogens is 320 g/mol. The molecule has 4 aliphatic rings. The van der Waals surface area contributed by atoms with Gasteiger partial charge in [0.15, 0.2) is 0 Å². The van der Waals surface area contributed by atoms with E-state index in [9.17, 15) is 9.59 Å². The van der Waals surface area contributed by atoms with Crippen LogP contribution in [0.1, 0.15) is 47.0 Å². The van der Waals surface area contributed by atoms with Crippen molar-refractivity contribution in [2.24, 2.45) is 17.8 Å². The van der Waals surface area contributed by atoms with Crippen LogP contribution in [-0.4, -0.2) is 35.9 Å². The number of carbonyl (C=O) groups is 2. The van der Waals surface area contributed by atoms with Crippen molar-refractivity contribution in [1.29, 1.82) is 0 Å². The molecule has 1 unspecified atom stereocenters. The van der Waals surface area contributed by atoms with Crippen molar-refractivity contribution in [3.05, 3.63) is 23.3 Å². The zero-order valence-corrected chi connectivity index (χ0v) is 15.3. The van der Waals surface area contributed by atoms with Gasteiger partial charge in [-0.1, -0.05) is 31.6 Å². The van der Waals surface area contributed by atoms with Crippen molar-refractivity contribution < 1.29 is 23.8 Å². The summed E-state index contributed by atoms with van der Waals surface area (Å²) in [6.45, 7) is 12.0. The highest BCUT2D eigenvalue weighted by atomic mass is 16.6. The summed E-state index contributed by atoms with van der Waals surface area (Å²) in [7, 11) is 0. The van der Waals surface area contributed by atoms with Crippen LogP contribution in [0.15, 0.2) is 23.3 Å². The molecule has 0 N–H and O–H groups in total. The number of rotatable bonds is 3. The van der Waals surface area contributed by atoms with Crippen LogP contribution in [0.2, 0.25) is 0 Å². The molecule has 0 bridgehead atoms. The number of esters is 2. The molecule has 0 spiro atoms. The van der Waals surface area contributed by atoms with Crippen LogP contribution in [0.3, 0.4) is 0 Å². The fraction of sp³-hybridized carbons (Fsp3) is 0.700. The van der Waals surface area contributed by atoms with E-state index < -0.39 is 6.10 Å². The molecule has 5 nitrogen and oxygen atoms in total. The fourth-order valence-electron chi connectivity index (χ4n) is 4.85. The van der Waals surface area contributed by atoms with Crippen LogP contribution < -0.4 is 0 Å². The first-order valence-corrected chi connectivity index (χ1v) is 9.24. The van der Waals surface area contributed by atoms with Crippen molar-refractivity contribution in [2.75, 3.05) is 0 Å². The van der Waals surface area contributed by atoms with E-state index >= 15 is 0 Å². The fourth-order valence-corrected chi connectivity index (χ4v) is 4.85. The SMILES string of the molecule is C=C1C(=O)O[C@H]2[C@H]1[C@@H](OC(=O)C(C)CC)CC(C)=C1C[C@@H]3O[C@]3(C)[C@@H]12. The summed E-state index contributed by atoms with van der Waals surface area (Å²) in [5.41, 5.74) is 2.72. The minimum Gasteiger partial charge on any atom is -0.461 e. The van der Waals surface area contributed by atoms with Gasteiger partial charge in [-0.2, -0.15) is 0 Å². The van der Waals surface area contributed by atoms with Gasteiger partial charge in [-0.25, -0.2) is 4.79 Å². The van der Waals surface area contributed by atoms with Crippen LogP contribution in [0.5, 0.6) is 0 Å². The molecule has 0 amide bonds. The molecule has 0 aromatic rings. The zero-order valence-electron chi connectivity index (χ0n) is 15.3. The van der Waals surface area contributed by atoms with E-state index in [1.807, 2.05) is 13.8 Å². The number of hydrogen-bond donors (Lipinski definition) is 0. The van der Waals surface area contributed by atoms with E-state index in [0.717, 1.165) is 12.8 Å². The maximum atomic E-state index is 12.4. The van der Waals surface area contributed by atoms with Gasteiger partial charge >= 0.3 is 11.9 Å². The Morgan fingerprint density at radius 2 is 2.16 bits per heavy atom. The average molecular weight is 346 g/mol. The number of hydrogen-bond acceptors (Lipinski definition) is 5. The monoisotopic (exact) mass is 346 g/mol. The van der Waals surface area contributed by atoms with Gasteiger partial charge in [0.05, 0.1) is 17.9 Å². The first kappa shape index (κ1) is 16.8. The molecule has 25 heavy (non-hydrogen) atoms.